The molecule has 1 heterocycles. The molecule has 3 nitrogen and oxygen atoms in total. The van der Waals surface area contributed by atoms with Gasteiger partial charge in [0.05, 0.1) is 6.07 Å². The summed E-state index contributed by atoms with van der Waals surface area (Å²) in [7, 11) is 0. The van der Waals surface area contributed by atoms with E-state index < -0.39 is 5.92 Å². The second-order valence-electron chi connectivity index (χ2n) is 4.90. The highest BCUT2D eigenvalue weighted by molar-refractivity contribution is 6.30. The van der Waals surface area contributed by atoms with Crippen molar-refractivity contribution in [2.45, 2.75) is 25.7 Å². The van der Waals surface area contributed by atoms with E-state index in [4.69, 9.17) is 11.6 Å². The van der Waals surface area contributed by atoms with Crippen LogP contribution >= 0.6 is 11.6 Å². The first-order chi connectivity index (χ1) is 9.20. The number of nitriles is 1. The molecule has 1 aliphatic heterocycles. The lowest BCUT2D eigenvalue weighted by Gasteiger charge is -2.28. The van der Waals surface area contributed by atoms with Gasteiger partial charge in [-0.25, -0.2) is 0 Å². The van der Waals surface area contributed by atoms with Crippen molar-refractivity contribution in [3.63, 3.8) is 0 Å². The Kier molecular flexibility index (Phi) is 4.81. The summed E-state index contributed by atoms with van der Waals surface area (Å²) < 4.78 is 0. The van der Waals surface area contributed by atoms with E-state index >= 15 is 0 Å². The van der Waals surface area contributed by atoms with Gasteiger partial charge in [-0.2, -0.15) is 5.26 Å². The van der Waals surface area contributed by atoms with Gasteiger partial charge in [0.15, 0.2) is 0 Å². The number of rotatable bonds is 3. The van der Waals surface area contributed by atoms with Crippen LogP contribution in [0.2, 0.25) is 5.02 Å². The van der Waals surface area contributed by atoms with Crippen LogP contribution in [0, 0.1) is 17.2 Å². The molecule has 0 saturated carbocycles. The topological polar surface area (TPSA) is 44.1 Å². The van der Waals surface area contributed by atoms with E-state index in [9.17, 15) is 10.1 Å². The van der Waals surface area contributed by atoms with Gasteiger partial charge in [0.25, 0.3) is 0 Å². The number of carbonyl (C=O) groups excluding carboxylic acids is 1. The second kappa shape index (κ2) is 6.58. The van der Waals surface area contributed by atoms with Crippen LogP contribution in [-0.2, 0) is 11.2 Å². The van der Waals surface area contributed by atoms with E-state index in [1.54, 1.807) is 12.1 Å². The van der Waals surface area contributed by atoms with Crippen LogP contribution in [-0.4, -0.2) is 23.9 Å². The molecule has 1 amide bonds. The molecule has 0 aromatic heterocycles. The van der Waals surface area contributed by atoms with Gasteiger partial charge in [-0.1, -0.05) is 23.7 Å². The van der Waals surface area contributed by atoms with E-state index in [-0.39, 0.29) is 5.91 Å². The standard InChI is InChI=1S/C15H17ClN2O/c16-14-6-4-12(5-7-14)10-13(11-17)15(19)18-8-2-1-3-9-18/h4-7,13H,1-3,8-10H2. The normalized spacial score (nSPS) is 16.7. The molecule has 19 heavy (non-hydrogen) atoms. The highest BCUT2D eigenvalue weighted by Gasteiger charge is 2.25. The summed E-state index contributed by atoms with van der Waals surface area (Å²) in [5.74, 6) is -0.614. The fourth-order valence-corrected chi connectivity index (χ4v) is 2.51. The average Bonchev–Trinajstić information content (AvgIpc) is 2.47. The highest BCUT2D eigenvalue weighted by Crippen LogP contribution is 2.17. The monoisotopic (exact) mass is 276 g/mol. The summed E-state index contributed by atoms with van der Waals surface area (Å²) in [5.41, 5.74) is 0.973. The number of carbonyl (C=O) groups is 1. The minimum atomic E-state index is -0.584. The molecule has 0 N–H and O–H groups in total. The van der Waals surface area contributed by atoms with Gasteiger partial charge < -0.3 is 4.90 Å². The zero-order valence-electron chi connectivity index (χ0n) is 10.8. The fourth-order valence-electron chi connectivity index (χ4n) is 2.38. The first-order valence-electron chi connectivity index (χ1n) is 6.63. The summed E-state index contributed by atoms with van der Waals surface area (Å²) in [4.78, 5) is 14.1. The average molecular weight is 277 g/mol. The molecule has 1 aromatic rings. The first-order valence-corrected chi connectivity index (χ1v) is 7.01. The van der Waals surface area contributed by atoms with E-state index in [0.717, 1.165) is 31.5 Å². The Balaban J connectivity index is 2.01. The van der Waals surface area contributed by atoms with Gasteiger partial charge in [-0.05, 0) is 43.4 Å². The molecule has 0 aliphatic carbocycles. The van der Waals surface area contributed by atoms with Crippen LogP contribution in [0.1, 0.15) is 24.8 Å². The van der Waals surface area contributed by atoms with Gasteiger partial charge in [0.1, 0.15) is 5.92 Å². The van der Waals surface area contributed by atoms with Gasteiger partial charge in [-0.15, -0.1) is 0 Å². The maximum absolute atomic E-state index is 12.3. The molecule has 0 spiro atoms. The summed E-state index contributed by atoms with van der Waals surface area (Å²) >= 11 is 5.83. The molecule has 4 heteroatoms. The Hall–Kier alpha value is -1.53. The van der Waals surface area contributed by atoms with Crippen molar-refractivity contribution in [3.05, 3.63) is 34.9 Å². The molecule has 1 unspecified atom stereocenters. The summed E-state index contributed by atoms with van der Waals surface area (Å²) in [6, 6.07) is 9.46. The second-order valence-corrected chi connectivity index (χ2v) is 5.33. The molecule has 1 fully saturated rings. The third kappa shape index (κ3) is 3.71. The fraction of sp³-hybridized carbons (Fsp3) is 0.467. The smallest absolute Gasteiger partial charge is 0.240 e. The highest BCUT2D eigenvalue weighted by atomic mass is 35.5. The molecular formula is C15H17ClN2O. The summed E-state index contributed by atoms with van der Waals surface area (Å²) in [5, 5.41) is 9.89. The number of nitrogens with zero attached hydrogens (tertiary/aromatic N) is 2. The number of amides is 1. The van der Waals surface area contributed by atoms with Gasteiger partial charge in [0.2, 0.25) is 5.91 Å². The third-order valence-corrected chi connectivity index (χ3v) is 3.73. The lowest BCUT2D eigenvalue weighted by molar-refractivity contribution is -0.134. The lowest BCUT2D eigenvalue weighted by atomic mass is 9.98. The molecule has 100 valence electrons. The maximum atomic E-state index is 12.3. The largest absolute Gasteiger partial charge is 0.342 e. The summed E-state index contributed by atoms with van der Waals surface area (Å²) in [6.07, 6.45) is 3.73. The van der Waals surface area contributed by atoms with Crippen molar-refractivity contribution in [3.8, 4) is 6.07 Å². The van der Waals surface area contributed by atoms with Crippen LogP contribution in [0.4, 0.5) is 0 Å². The van der Waals surface area contributed by atoms with Gasteiger partial charge in [-0.3, -0.25) is 4.79 Å². The molecule has 0 radical (unpaired) electrons. The van der Waals surface area contributed by atoms with E-state index in [1.165, 1.54) is 6.42 Å². The lowest BCUT2D eigenvalue weighted by Crippen LogP contribution is -2.39. The van der Waals surface area contributed by atoms with Gasteiger partial charge >= 0.3 is 0 Å². The Morgan fingerprint density at radius 3 is 2.47 bits per heavy atom. The molecule has 1 saturated heterocycles. The van der Waals surface area contributed by atoms with Crippen LogP contribution in [0.15, 0.2) is 24.3 Å². The molecule has 2 rings (SSSR count). The molecule has 1 aromatic carbocycles. The Morgan fingerprint density at radius 2 is 1.89 bits per heavy atom. The van der Waals surface area contributed by atoms with Crippen molar-refractivity contribution >= 4 is 17.5 Å². The van der Waals surface area contributed by atoms with Gasteiger partial charge in [0, 0.05) is 18.1 Å². The molecule has 1 atom stereocenters. The zero-order chi connectivity index (χ0) is 13.7. The molecule has 0 bridgehead atoms. The number of hydrogen-bond acceptors (Lipinski definition) is 2. The first kappa shape index (κ1) is 13.9. The zero-order valence-corrected chi connectivity index (χ0v) is 11.6. The van der Waals surface area contributed by atoms with E-state index in [0.29, 0.717) is 11.4 Å². The van der Waals surface area contributed by atoms with Crippen molar-refractivity contribution < 1.29 is 4.79 Å². The quantitative estimate of drug-likeness (QED) is 0.852. The van der Waals surface area contributed by atoms with E-state index in [1.807, 2.05) is 17.0 Å². The third-order valence-electron chi connectivity index (χ3n) is 3.47. The predicted octanol–water partition coefficient (Wildman–Crippen LogP) is 3.03. The van der Waals surface area contributed by atoms with Crippen molar-refractivity contribution in [2.24, 2.45) is 5.92 Å². The van der Waals surface area contributed by atoms with Crippen LogP contribution in [0.3, 0.4) is 0 Å². The van der Waals surface area contributed by atoms with Crippen molar-refractivity contribution in [2.75, 3.05) is 13.1 Å². The van der Waals surface area contributed by atoms with Crippen LogP contribution in [0.5, 0.6) is 0 Å². The van der Waals surface area contributed by atoms with Crippen molar-refractivity contribution in [1.82, 2.24) is 4.90 Å². The Bertz CT molecular complexity index is 472. The Morgan fingerprint density at radius 1 is 1.26 bits per heavy atom. The van der Waals surface area contributed by atoms with E-state index in [2.05, 4.69) is 6.07 Å². The number of likely N-dealkylation sites (tertiary alicyclic amines) is 1. The molecular weight excluding hydrogens is 260 g/mol. The van der Waals surface area contributed by atoms with Crippen LogP contribution in [0.25, 0.3) is 0 Å². The number of benzene rings is 1. The Labute approximate surface area is 118 Å². The predicted molar refractivity (Wildman–Crippen MR) is 74.7 cm³/mol. The SMILES string of the molecule is N#CC(Cc1ccc(Cl)cc1)C(=O)N1CCCCC1. The van der Waals surface area contributed by atoms with Crippen LogP contribution < -0.4 is 0 Å². The maximum Gasteiger partial charge on any atom is 0.240 e. The molecule has 1 aliphatic rings. The van der Waals surface area contributed by atoms with Crippen molar-refractivity contribution in [1.29, 1.82) is 5.26 Å². The number of piperidine rings is 1. The number of halogens is 1. The minimum absolute atomic E-state index is 0.0304. The minimum Gasteiger partial charge on any atom is -0.342 e. The number of hydrogen-bond donors (Lipinski definition) is 0. The summed E-state index contributed by atoms with van der Waals surface area (Å²) in [6.45, 7) is 1.58.